The summed E-state index contributed by atoms with van der Waals surface area (Å²) < 4.78 is 1.78. The highest BCUT2D eigenvalue weighted by Gasteiger charge is 2.13. The quantitative estimate of drug-likeness (QED) is 0.307. The van der Waals surface area contributed by atoms with Crippen LogP contribution in [0.25, 0.3) is 16.5 Å². The standard InChI is InChI=1S/C24H23N5O/c1-3-7-19-10-13-23(24(25-19)21(16-30)17-8-5-4-6-9-17)27-26-20-11-12-22-18(14-20)15-29(2)28-22/h4-6,8-16,30H,3,7H2,1-2H3. The van der Waals surface area contributed by atoms with Crippen molar-refractivity contribution in [2.24, 2.45) is 17.3 Å². The van der Waals surface area contributed by atoms with Gasteiger partial charge in [-0.1, -0.05) is 43.7 Å². The van der Waals surface area contributed by atoms with Gasteiger partial charge in [0.15, 0.2) is 0 Å². The Kier molecular flexibility index (Phi) is 5.66. The molecular formula is C24H23N5O. The molecule has 0 saturated heterocycles. The minimum absolute atomic E-state index is 0.602. The van der Waals surface area contributed by atoms with Crippen LogP contribution in [0.5, 0.6) is 0 Å². The summed E-state index contributed by atoms with van der Waals surface area (Å²) in [5.41, 5.74) is 5.30. The lowest BCUT2D eigenvalue weighted by Crippen LogP contribution is -1.97. The number of aliphatic hydroxyl groups is 1. The minimum Gasteiger partial charge on any atom is -0.515 e. The number of aromatic nitrogens is 3. The molecule has 0 aliphatic rings. The third-order valence-corrected chi connectivity index (χ3v) is 4.78. The van der Waals surface area contributed by atoms with Gasteiger partial charge in [0.05, 0.1) is 17.5 Å². The Hall–Kier alpha value is -3.80. The van der Waals surface area contributed by atoms with Gasteiger partial charge in [0, 0.05) is 29.9 Å². The number of azo groups is 1. The first-order chi connectivity index (χ1) is 14.7. The maximum absolute atomic E-state index is 10.0. The lowest BCUT2D eigenvalue weighted by atomic mass is 10.0. The number of nitrogens with zero attached hydrogens (tertiary/aromatic N) is 5. The summed E-state index contributed by atoms with van der Waals surface area (Å²) in [4.78, 5) is 4.78. The van der Waals surface area contributed by atoms with Crippen LogP contribution in [0.4, 0.5) is 11.4 Å². The maximum atomic E-state index is 10.0. The summed E-state index contributed by atoms with van der Waals surface area (Å²) in [6.07, 6.45) is 4.88. The highest BCUT2D eigenvalue weighted by Crippen LogP contribution is 2.31. The molecule has 1 N–H and O–H groups in total. The zero-order valence-electron chi connectivity index (χ0n) is 17.0. The van der Waals surface area contributed by atoms with Crippen LogP contribution in [0.1, 0.15) is 30.3 Å². The van der Waals surface area contributed by atoms with E-state index in [1.54, 1.807) is 4.68 Å². The van der Waals surface area contributed by atoms with Gasteiger partial charge < -0.3 is 5.11 Å². The summed E-state index contributed by atoms with van der Waals surface area (Å²) in [6, 6.07) is 19.3. The van der Waals surface area contributed by atoms with Crippen molar-refractivity contribution in [2.45, 2.75) is 19.8 Å². The van der Waals surface area contributed by atoms with Crippen LogP contribution in [0.2, 0.25) is 0 Å². The fourth-order valence-electron chi connectivity index (χ4n) is 3.37. The average Bonchev–Trinajstić information content (AvgIpc) is 3.14. The van der Waals surface area contributed by atoms with E-state index in [4.69, 9.17) is 4.98 Å². The molecule has 0 aliphatic heterocycles. The second-order valence-electron chi connectivity index (χ2n) is 7.08. The van der Waals surface area contributed by atoms with E-state index in [0.717, 1.165) is 47.0 Å². The first-order valence-electron chi connectivity index (χ1n) is 9.93. The normalized spacial score (nSPS) is 12.1. The van der Waals surface area contributed by atoms with Crippen molar-refractivity contribution in [1.29, 1.82) is 0 Å². The molecule has 150 valence electrons. The molecular weight excluding hydrogens is 374 g/mol. The monoisotopic (exact) mass is 397 g/mol. The molecule has 4 rings (SSSR count). The third-order valence-electron chi connectivity index (χ3n) is 4.78. The number of pyridine rings is 1. The molecule has 0 unspecified atom stereocenters. The van der Waals surface area contributed by atoms with Gasteiger partial charge in [-0.3, -0.25) is 9.67 Å². The van der Waals surface area contributed by atoms with E-state index in [-0.39, 0.29) is 0 Å². The lowest BCUT2D eigenvalue weighted by Gasteiger charge is -2.10. The summed E-state index contributed by atoms with van der Waals surface area (Å²) in [5.74, 6) is 0. The predicted molar refractivity (Wildman–Crippen MR) is 119 cm³/mol. The number of aliphatic hydroxyl groups excluding tert-OH is 1. The summed E-state index contributed by atoms with van der Waals surface area (Å²) in [6.45, 7) is 2.11. The maximum Gasteiger partial charge on any atom is 0.112 e. The molecule has 0 amide bonds. The SMILES string of the molecule is CCCc1ccc(N=Nc2ccc3nn(C)cc3c2)c(C(=CO)c2ccccc2)n1. The number of aryl methyl sites for hydroxylation is 2. The second-order valence-corrected chi connectivity index (χ2v) is 7.08. The van der Waals surface area contributed by atoms with Crippen LogP contribution in [0, 0.1) is 0 Å². The Morgan fingerprint density at radius 3 is 2.67 bits per heavy atom. The van der Waals surface area contributed by atoms with Crippen LogP contribution in [0.15, 0.2) is 83.4 Å². The molecule has 2 heterocycles. The van der Waals surface area contributed by atoms with Gasteiger partial charge in [-0.2, -0.15) is 10.2 Å². The first-order valence-corrected chi connectivity index (χ1v) is 9.93. The van der Waals surface area contributed by atoms with E-state index in [9.17, 15) is 5.11 Å². The molecule has 2 aromatic carbocycles. The van der Waals surface area contributed by atoms with Gasteiger partial charge in [-0.15, -0.1) is 5.11 Å². The lowest BCUT2D eigenvalue weighted by molar-refractivity contribution is 0.476. The molecule has 4 aromatic rings. The minimum atomic E-state index is 0.602. The summed E-state index contributed by atoms with van der Waals surface area (Å²) >= 11 is 0. The fourth-order valence-corrected chi connectivity index (χ4v) is 3.37. The molecule has 0 aliphatic carbocycles. The molecule has 30 heavy (non-hydrogen) atoms. The molecule has 6 nitrogen and oxygen atoms in total. The van der Waals surface area contributed by atoms with E-state index >= 15 is 0 Å². The molecule has 0 saturated carbocycles. The van der Waals surface area contributed by atoms with Crippen LogP contribution in [0.3, 0.4) is 0 Å². The van der Waals surface area contributed by atoms with Crippen LogP contribution >= 0.6 is 0 Å². The summed E-state index contributed by atoms with van der Waals surface area (Å²) in [5, 5.41) is 24.3. The van der Waals surface area contributed by atoms with Gasteiger partial charge in [0.2, 0.25) is 0 Å². The molecule has 6 heteroatoms. The van der Waals surface area contributed by atoms with Gasteiger partial charge >= 0.3 is 0 Å². The smallest absolute Gasteiger partial charge is 0.112 e. The van der Waals surface area contributed by atoms with E-state index in [0.29, 0.717) is 17.0 Å². The molecule has 0 bridgehead atoms. The van der Waals surface area contributed by atoms with Crippen LogP contribution in [-0.2, 0) is 13.5 Å². The molecule has 0 spiro atoms. The van der Waals surface area contributed by atoms with Gasteiger partial charge in [-0.25, -0.2) is 0 Å². The predicted octanol–water partition coefficient (Wildman–Crippen LogP) is 6.28. The fraction of sp³-hybridized carbons (Fsp3) is 0.167. The molecule has 2 aromatic heterocycles. The number of rotatable bonds is 6. The largest absolute Gasteiger partial charge is 0.515 e. The van der Waals surface area contributed by atoms with Crippen LogP contribution < -0.4 is 0 Å². The topological polar surface area (TPSA) is 75.7 Å². The number of fused-ring (bicyclic) bond motifs is 1. The molecule has 0 radical (unpaired) electrons. The Morgan fingerprint density at radius 1 is 1.07 bits per heavy atom. The Labute approximate surface area is 175 Å². The zero-order chi connectivity index (χ0) is 20.9. The number of hydrogen-bond acceptors (Lipinski definition) is 5. The van der Waals surface area contributed by atoms with Crippen molar-refractivity contribution in [3.63, 3.8) is 0 Å². The Morgan fingerprint density at radius 2 is 1.90 bits per heavy atom. The second kappa shape index (κ2) is 8.69. The highest BCUT2D eigenvalue weighted by molar-refractivity contribution is 5.83. The van der Waals surface area contributed by atoms with E-state index in [2.05, 4.69) is 22.3 Å². The number of benzene rings is 2. The molecule has 0 atom stereocenters. The van der Waals surface area contributed by atoms with Crippen molar-refractivity contribution < 1.29 is 5.11 Å². The van der Waals surface area contributed by atoms with Crippen molar-refractivity contribution >= 4 is 27.9 Å². The summed E-state index contributed by atoms with van der Waals surface area (Å²) in [7, 11) is 1.89. The van der Waals surface area contributed by atoms with E-state index in [1.165, 1.54) is 0 Å². The van der Waals surface area contributed by atoms with Gasteiger partial charge in [0.25, 0.3) is 0 Å². The van der Waals surface area contributed by atoms with E-state index in [1.807, 2.05) is 73.9 Å². The van der Waals surface area contributed by atoms with Gasteiger partial charge in [-0.05, 0) is 42.3 Å². The van der Waals surface area contributed by atoms with Crippen molar-refractivity contribution in [3.05, 3.63) is 90.1 Å². The van der Waals surface area contributed by atoms with Crippen molar-refractivity contribution in [1.82, 2.24) is 14.8 Å². The molecule has 0 fully saturated rings. The van der Waals surface area contributed by atoms with E-state index < -0.39 is 0 Å². The Balaban J connectivity index is 1.75. The highest BCUT2D eigenvalue weighted by atomic mass is 16.2. The average molecular weight is 397 g/mol. The number of hydrogen-bond donors (Lipinski definition) is 1. The van der Waals surface area contributed by atoms with Crippen LogP contribution in [-0.4, -0.2) is 19.9 Å². The third kappa shape index (κ3) is 4.12. The van der Waals surface area contributed by atoms with Gasteiger partial charge in [0.1, 0.15) is 11.4 Å². The zero-order valence-corrected chi connectivity index (χ0v) is 17.0. The van der Waals surface area contributed by atoms with Crippen molar-refractivity contribution in [3.8, 4) is 0 Å². The van der Waals surface area contributed by atoms with Crippen molar-refractivity contribution in [2.75, 3.05) is 0 Å². The Bertz CT molecular complexity index is 1230. The first kappa shape index (κ1) is 19.5.